The zero-order chi connectivity index (χ0) is 17.0. The van der Waals surface area contributed by atoms with Crippen molar-refractivity contribution in [3.8, 4) is 0 Å². The lowest BCUT2D eigenvalue weighted by molar-refractivity contribution is -0.402. The van der Waals surface area contributed by atoms with E-state index in [2.05, 4.69) is 10.3 Å². The lowest BCUT2D eigenvalue weighted by Crippen LogP contribution is -2.28. The number of rotatable bonds is 6. The summed E-state index contributed by atoms with van der Waals surface area (Å²) in [6.45, 7) is 3.89. The molecule has 0 aliphatic carbocycles. The van der Waals surface area contributed by atoms with Crippen LogP contribution in [0.3, 0.4) is 0 Å². The van der Waals surface area contributed by atoms with Gasteiger partial charge in [0, 0.05) is 17.8 Å². The second kappa shape index (κ2) is 6.91. The summed E-state index contributed by atoms with van der Waals surface area (Å²) in [5.74, 6) is -1.29. The second-order valence-electron chi connectivity index (χ2n) is 4.91. The Bertz CT molecular complexity index is 791. The van der Waals surface area contributed by atoms with Crippen LogP contribution in [0.25, 0.3) is 0 Å². The average Bonchev–Trinajstić information content (AvgIpc) is 3.03. The number of hydrogen-bond donors (Lipinski definition) is 2. The molecule has 8 nitrogen and oxygen atoms in total. The van der Waals surface area contributed by atoms with Crippen LogP contribution in [0.2, 0.25) is 0 Å². The van der Waals surface area contributed by atoms with E-state index in [1.165, 1.54) is 6.07 Å². The third kappa shape index (κ3) is 3.65. The molecule has 0 radical (unpaired) electrons. The molecule has 2 rings (SSSR count). The van der Waals surface area contributed by atoms with Crippen molar-refractivity contribution in [3.63, 3.8) is 0 Å². The summed E-state index contributed by atoms with van der Waals surface area (Å²) < 4.78 is 4.82. The summed E-state index contributed by atoms with van der Waals surface area (Å²) in [6.07, 6.45) is 1.37. The first-order chi connectivity index (χ1) is 11.0. The topological polar surface area (TPSA) is 118 Å². The maximum atomic E-state index is 12.1. The van der Waals surface area contributed by atoms with Gasteiger partial charge in [-0.15, -0.1) is 0 Å². The molecule has 0 atom stereocenters. The Balaban J connectivity index is 2.15. The van der Waals surface area contributed by atoms with Gasteiger partial charge in [-0.3, -0.25) is 19.7 Å². The molecule has 1 amide bonds. The maximum absolute atomic E-state index is 12.1. The van der Waals surface area contributed by atoms with E-state index in [0.717, 1.165) is 17.3 Å². The zero-order valence-corrected chi connectivity index (χ0v) is 12.8. The Morgan fingerprint density at radius 3 is 2.65 bits per heavy atom. The number of nitrogens with one attached hydrogen (secondary N) is 2. The van der Waals surface area contributed by atoms with Gasteiger partial charge >= 0.3 is 5.88 Å². The van der Waals surface area contributed by atoms with Gasteiger partial charge in [0.05, 0.1) is 6.07 Å². The minimum atomic E-state index is -0.722. The number of H-pyrrole nitrogens is 1. The minimum Gasteiger partial charge on any atom is -0.395 e. The molecule has 0 aliphatic heterocycles. The molecule has 0 bridgehead atoms. The van der Waals surface area contributed by atoms with E-state index < -0.39 is 16.7 Å². The Morgan fingerprint density at radius 2 is 2.09 bits per heavy atom. The maximum Gasteiger partial charge on any atom is 0.433 e. The summed E-state index contributed by atoms with van der Waals surface area (Å²) in [6, 6.07) is 4.23. The predicted molar refractivity (Wildman–Crippen MR) is 82.4 cm³/mol. The first kappa shape index (κ1) is 16.5. The van der Waals surface area contributed by atoms with Crippen molar-refractivity contribution in [1.29, 1.82) is 0 Å². The number of furan rings is 1. The standard InChI is InChI=1S/C15H17N3O5/c1-3-9-7-10(4-2)17-14(19)11(9)8-16-15(20)12-5-6-13(23-12)18(21)22/h5-7H,3-4,8H2,1-2H3,(H,16,20)(H,17,19). The van der Waals surface area contributed by atoms with Crippen LogP contribution in [0, 0.1) is 10.1 Å². The normalized spacial score (nSPS) is 10.5. The molecule has 2 heterocycles. The van der Waals surface area contributed by atoms with Gasteiger partial charge in [-0.1, -0.05) is 13.8 Å². The monoisotopic (exact) mass is 319 g/mol. The largest absolute Gasteiger partial charge is 0.433 e. The third-order valence-electron chi connectivity index (χ3n) is 3.47. The average molecular weight is 319 g/mol. The van der Waals surface area contributed by atoms with Gasteiger partial charge in [-0.25, -0.2) is 0 Å². The number of nitro groups is 1. The molecule has 0 unspecified atom stereocenters. The fourth-order valence-corrected chi connectivity index (χ4v) is 2.20. The van der Waals surface area contributed by atoms with Crippen LogP contribution in [0.1, 0.15) is 41.2 Å². The van der Waals surface area contributed by atoms with Crippen LogP contribution >= 0.6 is 0 Å². The van der Waals surface area contributed by atoms with E-state index in [-0.39, 0.29) is 17.9 Å². The van der Waals surface area contributed by atoms with E-state index >= 15 is 0 Å². The van der Waals surface area contributed by atoms with Crippen LogP contribution < -0.4 is 10.9 Å². The first-order valence-corrected chi connectivity index (χ1v) is 7.22. The van der Waals surface area contributed by atoms with Crippen LogP contribution in [0.5, 0.6) is 0 Å². The predicted octanol–water partition coefficient (Wildman–Crippen LogP) is 1.93. The Labute approximate surface area is 131 Å². The molecule has 8 heteroatoms. The highest BCUT2D eigenvalue weighted by Gasteiger charge is 2.18. The van der Waals surface area contributed by atoms with Crippen LogP contribution in [0.4, 0.5) is 5.88 Å². The van der Waals surface area contributed by atoms with Crippen molar-refractivity contribution in [2.45, 2.75) is 33.2 Å². The molecule has 0 saturated heterocycles. The molecule has 0 spiro atoms. The molecule has 23 heavy (non-hydrogen) atoms. The molecule has 0 saturated carbocycles. The first-order valence-electron chi connectivity index (χ1n) is 7.22. The quantitative estimate of drug-likeness (QED) is 0.623. The Morgan fingerprint density at radius 1 is 1.35 bits per heavy atom. The fourth-order valence-electron chi connectivity index (χ4n) is 2.20. The number of pyridine rings is 1. The molecular weight excluding hydrogens is 302 g/mol. The van der Waals surface area contributed by atoms with E-state index in [1.54, 1.807) is 0 Å². The van der Waals surface area contributed by atoms with Gasteiger partial charge in [0.15, 0.2) is 5.76 Å². The van der Waals surface area contributed by atoms with Crippen LogP contribution in [0.15, 0.2) is 27.4 Å². The summed E-state index contributed by atoms with van der Waals surface area (Å²) in [4.78, 5) is 36.6. The molecule has 0 aromatic carbocycles. The van der Waals surface area contributed by atoms with Crippen molar-refractivity contribution in [1.82, 2.24) is 10.3 Å². The molecule has 0 aliphatic rings. The number of amides is 1. The highest BCUT2D eigenvalue weighted by Crippen LogP contribution is 2.15. The lowest BCUT2D eigenvalue weighted by atomic mass is 10.1. The number of nitrogens with zero attached hydrogens (tertiary/aromatic N) is 1. The van der Waals surface area contributed by atoms with Gasteiger partial charge < -0.3 is 14.7 Å². The molecule has 0 fully saturated rings. The fraction of sp³-hybridized carbons (Fsp3) is 0.333. The van der Waals surface area contributed by atoms with Crippen molar-refractivity contribution in [3.05, 3.63) is 61.2 Å². The van der Waals surface area contributed by atoms with Crippen molar-refractivity contribution >= 4 is 11.8 Å². The number of aromatic nitrogens is 1. The number of carbonyl (C=O) groups is 1. The molecule has 2 N–H and O–H groups in total. The van der Waals surface area contributed by atoms with E-state index in [1.807, 2.05) is 19.9 Å². The summed E-state index contributed by atoms with van der Waals surface area (Å²) in [7, 11) is 0. The zero-order valence-electron chi connectivity index (χ0n) is 12.8. The lowest BCUT2D eigenvalue weighted by Gasteiger charge is -2.09. The number of aromatic amines is 1. The van der Waals surface area contributed by atoms with Gasteiger partial charge in [-0.05, 0) is 30.5 Å². The van der Waals surface area contributed by atoms with Crippen LogP contribution in [-0.2, 0) is 19.4 Å². The summed E-state index contributed by atoms with van der Waals surface area (Å²) in [5, 5.41) is 13.1. The van der Waals surface area contributed by atoms with E-state index in [0.29, 0.717) is 18.4 Å². The highest BCUT2D eigenvalue weighted by molar-refractivity contribution is 5.91. The Kier molecular flexibility index (Phi) is 4.95. The Hall–Kier alpha value is -2.90. The van der Waals surface area contributed by atoms with E-state index in [9.17, 15) is 19.7 Å². The summed E-state index contributed by atoms with van der Waals surface area (Å²) >= 11 is 0. The number of carbonyl (C=O) groups excluding carboxylic acids is 1. The minimum absolute atomic E-state index is 0.0236. The van der Waals surface area contributed by atoms with Gasteiger partial charge in [-0.2, -0.15) is 0 Å². The smallest absolute Gasteiger partial charge is 0.395 e. The van der Waals surface area contributed by atoms with Crippen molar-refractivity contribution < 1.29 is 14.1 Å². The molecule has 2 aromatic heterocycles. The van der Waals surface area contributed by atoms with Crippen molar-refractivity contribution in [2.75, 3.05) is 0 Å². The van der Waals surface area contributed by atoms with Gasteiger partial charge in [0.1, 0.15) is 4.92 Å². The molecular formula is C15H17N3O5. The second-order valence-corrected chi connectivity index (χ2v) is 4.91. The third-order valence-corrected chi connectivity index (χ3v) is 3.47. The van der Waals surface area contributed by atoms with Gasteiger partial charge in [0.25, 0.3) is 11.5 Å². The van der Waals surface area contributed by atoms with E-state index in [4.69, 9.17) is 4.42 Å². The summed E-state index contributed by atoms with van der Waals surface area (Å²) in [5.41, 5.74) is 1.92. The van der Waals surface area contributed by atoms with Crippen LogP contribution in [-0.4, -0.2) is 15.8 Å². The highest BCUT2D eigenvalue weighted by atomic mass is 16.6. The number of hydrogen-bond acceptors (Lipinski definition) is 5. The molecule has 122 valence electrons. The van der Waals surface area contributed by atoms with Crippen molar-refractivity contribution in [2.24, 2.45) is 0 Å². The SMILES string of the molecule is CCc1cc(CC)c(CNC(=O)c2ccc([N+](=O)[O-])o2)c(=O)[nH]1. The van der Waals surface area contributed by atoms with Gasteiger partial charge in [0.2, 0.25) is 0 Å². The molecule has 2 aromatic rings. The number of aryl methyl sites for hydroxylation is 2.